The second kappa shape index (κ2) is 3.35. The van der Waals surface area contributed by atoms with Gasteiger partial charge < -0.3 is 30.1 Å². The highest BCUT2D eigenvalue weighted by Crippen LogP contribution is 2.25. The first-order chi connectivity index (χ1) is 6.63. The summed E-state index contributed by atoms with van der Waals surface area (Å²) in [4.78, 5) is 10.8. The first-order valence-corrected chi connectivity index (χ1v) is 4.23. The minimum absolute atomic E-state index is 0.445. The van der Waals surface area contributed by atoms with E-state index in [0.717, 1.165) is 0 Å². The van der Waals surface area contributed by atoms with E-state index in [9.17, 15) is 15.0 Å². The second-order valence-corrected chi connectivity index (χ2v) is 3.28. The van der Waals surface area contributed by atoms with Crippen LogP contribution in [0, 0.1) is 0 Å². The van der Waals surface area contributed by atoms with Crippen LogP contribution in [-0.2, 0) is 9.47 Å². The number of hydrogen-bond donors (Lipinski definition) is 4. The normalized spacial score (nSPS) is 46.8. The summed E-state index contributed by atoms with van der Waals surface area (Å²) in [5.74, 6) is 0. The SMILES string of the molecule is O=C1N[C@@H]2[C@H](O1)O[C@H](CO)[C@@H](O)[C@@H]2O. The minimum atomic E-state index is -1.23. The summed E-state index contributed by atoms with van der Waals surface area (Å²) in [5.41, 5.74) is 0. The number of carbonyl (C=O) groups excluding carboxylic acids is 1. The van der Waals surface area contributed by atoms with E-state index >= 15 is 0 Å². The van der Waals surface area contributed by atoms with Gasteiger partial charge in [-0.3, -0.25) is 0 Å². The molecule has 7 nitrogen and oxygen atoms in total. The number of nitrogens with one attached hydrogen (secondary N) is 1. The van der Waals surface area contributed by atoms with Crippen LogP contribution in [0.3, 0.4) is 0 Å². The molecular formula is C7H11NO6. The van der Waals surface area contributed by atoms with Crippen LogP contribution < -0.4 is 5.32 Å². The van der Waals surface area contributed by atoms with Crippen molar-refractivity contribution in [1.82, 2.24) is 5.32 Å². The van der Waals surface area contributed by atoms with Gasteiger partial charge in [-0.25, -0.2) is 4.79 Å². The van der Waals surface area contributed by atoms with Crippen LogP contribution in [0.5, 0.6) is 0 Å². The Morgan fingerprint density at radius 3 is 2.71 bits per heavy atom. The summed E-state index contributed by atoms with van der Waals surface area (Å²) in [6, 6.07) is -0.778. The molecule has 4 N–H and O–H groups in total. The quantitative estimate of drug-likeness (QED) is 0.378. The van der Waals surface area contributed by atoms with Gasteiger partial charge in [-0.15, -0.1) is 0 Å². The summed E-state index contributed by atoms with van der Waals surface area (Å²) >= 11 is 0. The van der Waals surface area contributed by atoms with Gasteiger partial charge >= 0.3 is 6.09 Å². The molecule has 5 atom stereocenters. The lowest BCUT2D eigenvalue weighted by Gasteiger charge is -2.36. The monoisotopic (exact) mass is 205 g/mol. The van der Waals surface area contributed by atoms with Gasteiger partial charge in [-0.1, -0.05) is 0 Å². The predicted molar refractivity (Wildman–Crippen MR) is 41.2 cm³/mol. The van der Waals surface area contributed by atoms with Gasteiger partial charge in [0.2, 0.25) is 6.29 Å². The number of fused-ring (bicyclic) bond motifs is 1. The zero-order valence-electron chi connectivity index (χ0n) is 7.16. The molecule has 0 aliphatic carbocycles. The van der Waals surface area contributed by atoms with Crippen LogP contribution in [0.4, 0.5) is 4.79 Å². The van der Waals surface area contributed by atoms with Crippen molar-refractivity contribution >= 4 is 6.09 Å². The zero-order valence-corrected chi connectivity index (χ0v) is 7.16. The van der Waals surface area contributed by atoms with Gasteiger partial charge in [0.15, 0.2) is 0 Å². The van der Waals surface area contributed by atoms with Crippen LogP contribution in [0.15, 0.2) is 0 Å². The molecule has 0 unspecified atom stereocenters. The molecule has 80 valence electrons. The van der Waals surface area contributed by atoms with E-state index < -0.39 is 43.3 Å². The number of amides is 1. The Kier molecular flexibility index (Phi) is 2.31. The molecule has 0 bridgehead atoms. The summed E-state index contributed by atoms with van der Waals surface area (Å²) < 4.78 is 9.71. The van der Waals surface area contributed by atoms with E-state index in [4.69, 9.17) is 9.84 Å². The van der Waals surface area contributed by atoms with Crippen LogP contribution in [0.25, 0.3) is 0 Å². The third-order valence-electron chi connectivity index (χ3n) is 2.39. The number of carbonyl (C=O) groups is 1. The maximum atomic E-state index is 10.8. The lowest BCUT2D eigenvalue weighted by molar-refractivity contribution is -0.234. The summed E-state index contributed by atoms with van der Waals surface area (Å²) in [5, 5.41) is 30.1. The Morgan fingerprint density at radius 2 is 2.07 bits per heavy atom. The van der Waals surface area contributed by atoms with Gasteiger partial charge in [0.25, 0.3) is 0 Å². The topological polar surface area (TPSA) is 108 Å². The summed E-state index contributed by atoms with van der Waals surface area (Å²) in [6.45, 7) is -0.445. The van der Waals surface area contributed by atoms with Crippen LogP contribution >= 0.6 is 0 Å². The van der Waals surface area contributed by atoms with E-state index in [1.54, 1.807) is 0 Å². The van der Waals surface area contributed by atoms with Crippen molar-refractivity contribution in [1.29, 1.82) is 0 Å². The third-order valence-corrected chi connectivity index (χ3v) is 2.39. The molecule has 2 rings (SSSR count). The summed E-state index contributed by atoms with van der Waals surface area (Å²) in [7, 11) is 0. The van der Waals surface area contributed by atoms with Crippen molar-refractivity contribution in [3.05, 3.63) is 0 Å². The molecule has 2 heterocycles. The summed E-state index contributed by atoms with van der Waals surface area (Å²) in [6.07, 6.45) is -5.01. The van der Waals surface area contributed by atoms with Gasteiger partial charge in [-0.2, -0.15) is 0 Å². The maximum absolute atomic E-state index is 10.8. The van der Waals surface area contributed by atoms with E-state index in [1.807, 2.05) is 0 Å². The van der Waals surface area contributed by atoms with Gasteiger partial charge in [0, 0.05) is 0 Å². The first-order valence-electron chi connectivity index (χ1n) is 4.23. The Balaban J connectivity index is 2.13. The fourth-order valence-corrected chi connectivity index (χ4v) is 1.61. The molecule has 0 spiro atoms. The number of rotatable bonds is 1. The average Bonchev–Trinajstić information content (AvgIpc) is 2.52. The lowest BCUT2D eigenvalue weighted by atomic mass is 9.98. The Bertz CT molecular complexity index is 246. The minimum Gasteiger partial charge on any atom is -0.417 e. The van der Waals surface area contributed by atoms with Crippen molar-refractivity contribution in [3.8, 4) is 0 Å². The highest BCUT2D eigenvalue weighted by Gasteiger charge is 2.50. The van der Waals surface area contributed by atoms with E-state index in [1.165, 1.54) is 0 Å². The van der Waals surface area contributed by atoms with Crippen molar-refractivity contribution in [2.24, 2.45) is 0 Å². The standard InChI is InChI=1S/C7H11NO6/c9-1-2-4(10)5(11)3-6(13-2)14-7(12)8-3/h2-6,9-11H,1H2,(H,8,12)/t2-,3+,4-,5-,6+/m1/s1. The fraction of sp³-hybridized carbons (Fsp3) is 0.857. The second-order valence-electron chi connectivity index (χ2n) is 3.28. The number of alkyl carbamates (subject to hydrolysis) is 1. The molecule has 14 heavy (non-hydrogen) atoms. The maximum Gasteiger partial charge on any atom is 0.410 e. The molecule has 0 aromatic carbocycles. The lowest BCUT2D eigenvalue weighted by Crippen LogP contribution is -2.60. The fourth-order valence-electron chi connectivity index (χ4n) is 1.61. The highest BCUT2D eigenvalue weighted by molar-refractivity contribution is 5.70. The molecule has 2 aliphatic heterocycles. The van der Waals surface area contributed by atoms with Gasteiger partial charge in [-0.05, 0) is 0 Å². The van der Waals surface area contributed by atoms with Crippen molar-refractivity contribution in [2.75, 3.05) is 6.61 Å². The van der Waals surface area contributed by atoms with E-state index in [0.29, 0.717) is 0 Å². The van der Waals surface area contributed by atoms with Gasteiger partial charge in [0.1, 0.15) is 24.4 Å². The molecular weight excluding hydrogens is 194 g/mol. The van der Waals surface area contributed by atoms with E-state index in [2.05, 4.69) is 10.1 Å². The Labute approximate surface area is 79.2 Å². The highest BCUT2D eigenvalue weighted by atomic mass is 16.7. The molecule has 0 radical (unpaired) electrons. The zero-order chi connectivity index (χ0) is 10.3. The first kappa shape index (κ1) is 9.66. The van der Waals surface area contributed by atoms with Crippen LogP contribution in [-0.4, -0.2) is 58.7 Å². The Morgan fingerprint density at radius 1 is 1.36 bits per heavy atom. The molecule has 0 aromatic rings. The van der Waals surface area contributed by atoms with Crippen molar-refractivity contribution in [2.45, 2.75) is 30.6 Å². The molecule has 2 aliphatic rings. The number of hydrogen-bond acceptors (Lipinski definition) is 6. The van der Waals surface area contributed by atoms with Crippen LogP contribution in [0.1, 0.15) is 0 Å². The Hall–Kier alpha value is -0.890. The van der Waals surface area contributed by atoms with Crippen molar-refractivity contribution < 1.29 is 29.6 Å². The van der Waals surface area contributed by atoms with Crippen LogP contribution in [0.2, 0.25) is 0 Å². The molecule has 2 fully saturated rings. The molecule has 0 saturated carbocycles. The van der Waals surface area contributed by atoms with Crippen molar-refractivity contribution in [3.63, 3.8) is 0 Å². The van der Waals surface area contributed by atoms with Gasteiger partial charge in [0.05, 0.1) is 6.61 Å². The number of ether oxygens (including phenoxy) is 2. The molecule has 7 heteroatoms. The predicted octanol–water partition coefficient (Wildman–Crippen LogP) is -2.47. The van der Waals surface area contributed by atoms with E-state index in [-0.39, 0.29) is 0 Å². The average molecular weight is 205 g/mol. The molecule has 0 aromatic heterocycles. The third kappa shape index (κ3) is 1.34. The number of aliphatic hydroxyl groups excluding tert-OH is 3. The molecule has 1 amide bonds. The smallest absolute Gasteiger partial charge is 0.410 e. The largest absolute Gasteiger partial charge is 0.417 e. The number of aliphatic hydroxyl groups is 3. The molecule has 2 saturated heterocycles.